The highest BCUT2D eigenvalue weighted by Crippen LogP contribution is 2.34. The van der Waals surface area contributed by atoms with E-state index in [0.717, 1.165) is 16.9 Å². The van der Waals surface area contributed by atoms with E-state index in [1.54, 1.807) is 45.7 Å². The molecule has 0 radical (unpaired) electrons. The lowest BCUT2D eigenvalue weighted by Gasteiger charge is -2.54. The number of piperazine rings is 1. The second kappa shape index (κ2) is 11.6. The molecular formula is C27H33N5O6S. The molecule has 2 saturated heterocycles. The molecule has 39 heavy (non-hydrogen) atoms. The Morgan fingerprint density at radius 1 is 1.10 bits per heavy atom. The van der Waals surface area contributed by atoms with Gasteiger partial charge in [0.1, 0.15) is 18.0 Å². The fraction of sp³-hybridized carbons (Fsp3) is 0.444. The molecule has 3 aliphatic heterocycles. The summed E-state index contributed by atoms with van der Waals surface area (Å²) in [5, 5.41) is 6.17. The smallest absolute Gasteiger partial charge is 0.334 e. The number of amides is 4. The van der Waals surface area contributed by atoms with Crippen LogP contribution in [0.15, 0.2) is 42.5 Å². The molecule has 2 aromatic carbocycles. The molecule has 5 rings (SSSR count). The Bertz CT molecular complexity index is 1230. The summed E-state index contributed by atoms with van der Waals surface area (Å²) in [6.07, 6.45) is 1.84. The summed E-state index contributed by atoms with van der Waals surface area (Å²) >= 11 is 1.62. The van der Waals surface area contributed by atoms with E-state index in [9.17, 15) is 14.4 Å². The van der Waals surface area contributed by atoms with Gasteiger partial charge >= 0.3 is 6.03 Å². The topological polar surface area (TPSA) is 104 Å². The van der Waals surface area contributed by atoms with E-state index in [2.05, 4.69) is 5.32 Å². The number of hydrogen-bond donors (Lipinski definition) is 1. The Balaban J connectivity index is 1.38. The van der Waals surface area contributed by atoms with Crippen LogP contribution in [-0.4, -0.2) is 95.9 Å². The number of urea groups is 1. The van der Waals surface area contributed by atoms with Gasteiger partial charge < -0.3 is 29.3 Å². The number of rotatable bonds is 8. The molecular weight excluding hydrogens is 522 g/mol. The monoisotopic (exact) mass is 555 g/mol. The maximum atomic E-state index is 13.7. The Kier molecular flexibility index (Phi) is 8.03. The van der Waals surface area contributed by atoms with Crippen molar-refractivity contribution in [3.05, 3.63) is 53.6 Å². The van der Waals surface area contributed by atoms with Crippen molar-refractivity contribution in [3.63, 3.8) is 0 Å². The van der Waals surface area contributed by atoms with Gasteiger partial charge in [0.25, 0.3) is 0 Å². The molecule has 0 aromatic heterocycles. The van der Waals surface area contributed by atoms with Crippen LogP contribution in [0.2, 0.25) is 0 Å². The number of thioether (sulfide) groups is 1. The predicted octanol–water partition coefficient (Wildman–Crippen LogP) is 2.11. The van der Waals surface area contributed by atoms with E-state index in [1.165, 1.54) is 0 Å². The summed E-state index contributed by atoms with van der Waals surface area (Å²) in [5.41, 5.74) is 1.80. The molecule has 12 heteroatoms. The lowest BCUT2D eigenvalue weighted by molar-refractivity contribution is -0.187. The maximum Gasteiger partial charge on any atom is 0.334 e. The van der Waals surface area contributed by atoms with Gasteiger partial charge in [0.15, 0.2) is 11.5 Å². The van der Waals surface area contributed by atoms with Crippen molar-refractivity contribution < 1.29 is 28.6 Å². The van der Waals surface area contributed by atoms with Crippen molar-refractivity contribution in [2.75, 3.05) is 46.0 Å². The van der Waals surface area contributed by atoms with Gasteiger partial charge in [0.05, 0.1) is 20.2 Å². The predicted molar refractivity (Wildman–Crippen MR) is 145 cm³/mol. The third kappa shape index (κ3) is 5.57. The van der Waals surface area contributed by atoms with Crippen LogP contribution in [0, 0.1) is 0 Å². The first-order valence-corrected chi connectivity index (χ1v) is 14.2. The highest BCUT2D eigenvalue weighted by molar-refractivity contribution is 7.98. The average Bonchev–Trinajstić information content (AvgIpc) is 3.40. The molecule has 4 amide bonds. The number of carbonyl (C=O) groups excluding carboxylic acids is 3. The lowest BCUT2D eigenvalue weighted by atomic mass is 10.0. The van der Waals surface area contributed by atoms with Crippen molar-refractivity contribution in [2.24, 2.45) is 0 Å². The molecule has 3 heterocycles. The third-order valence-corrected chi connectivity index (χ3v) is 7.80. The third-order valence-electron chi connectivity index (χ3n) is 7.16. The number of carbonyl (C=O) groups is 3. The Morgan fingerprint density at radius 2 is 1.85 bits per heavy atom. The quantitative estimate of drug-likeness (QED) is 0.529. The first kappa shape index (κ1) is 26.9. The fourth-order valence-corrected chi connectivity index (χ4v) is 5.67. The van der Waals surface area contributed by atoms with Crippen LogP contribution >= 0.6 is 11.8 Å². The summed E-state index contributed by atoms with van der Waals surface area (Å²) < 4.78 is 16.1. The van der Waals surface area contributed by atoms with Crippen molar-refractivity contribution in [1.82, 2.24) is 25.1 Å². The second-order valence-corrected chi connectivity index (χ2v) is 10.6. The van der Waals surface area contributed by atoms with Crippen molar-refractivity contribution in [1.29, 1.82) is 0 Å². The Labute approximate surface area is 231 Å². The van der Waals surface area contributed by atoms with Gasteiger partial charge in [0.2, 0.25) is 18.6 Å². The van der Waals surface area contributed by atoms with E-state index >= 15 is 0 Å². The molecule has 2 fully saturated rings. The summed E-state index contributed by atoms with van der Waals surface area (Å²) in [6.45, 7) is 1.01. The van der Waals surface area contributed by atoms with E-state index < -0.39 is 12.2 Å². The number of nitrogens with one attached hydrogen (secondary N) is 1. The van der Waals surface area contributed by atoms with Crippen LogP contribution in [0.4, 0.5) is 4.79 Å². The van der Waals surface area contributed by atoms with Crippen LogP contribution in [0.1, 0.15) is 17.5 Å². The molecule has 11 nitrogen and oxygen atoms in total. The molecule has 1 N–H and O–H groups in total. The highest BCUT2D eigenvalue weighted by atomic mass is 32.2. The number of likely N-dealkylation sites (N-methyl/N-ethyl adjacent to an activating group) is 1. The number of nitrogens with zero attached hydrogens (tertiary/aromatic N) is 4. The van der Waals surface area contributed by atoms with Gasteiger partial charge in [-0.1, -0.05) is 18.2 Å². The van der Waals surface area contributed by atoms with Crippen LogP contribution in [0.5, 0.6) is 17.2 Å². The maximum absolute atomic E-state index is 13.7. The SMILES string of the molecule is COc1ccc(CNC(=O)N2C3CN(Cc4ccc5c(c4)OCO5)C(=O)[C@H](CCSC)N3C(=O)CN2C)cc1. The Morgan fingerprint density at radius 3 is 2.59 bits per heavy atom. The minimum Gasteiger partial charge on any atom is -0.497 e. The van der Waals surface area contributed by atoms with Gasteiger partial charge in [-0.05, 0) is 53.8 Å². The summed E-state index contributed by atoms with van der Waals surface area (Å²) in [4.78, 5) is 43.9. The summed E-state index contributed by atoms with van der Waals surface area (Å²) in [5.74, 6) is 2.49. The van der Waals surface area contributed by atoms with Gasteiger partial charge in [-0.3, -0.25) is 9.59 Å². The average molecular weight is 556 g/mol. The molecule has 2 aromatic rings. The van der Waals surface area contributed by atoms with Crippen LogP contribution in [-0.2, 0) is 22.7 Å². The molecule has 208 valence electrons. The van der Waals surface area contributed by atoms with Crippen molar-refractivity contribution >= 4 is 29.6 Å². The largest absolute Gasteiger partial charge is 0.497 e. The molecule has 0 saturated carbocycles. The first-order chi connectivity index (χ1) is 18.9. The fourth-order valence-electron chi connectivity index (χ4n) is 5.22. The van der Waals surface area contributed by atoms with E-state index in [4.69, 9.17) is 14.2 Å². The van der Waals surface area contributed by atoms with E-state index in [0.29, 0.717) is 36.8 Å². The van der Waals surface area contributed by atoms with Gasteiger partial charge in [-0.15, -0.1) is 0 Å². The summed E-state index contributed by atoms with van der Waals surface area (Å²) in [6, 6.07) is 12.1. The molecule has 1 unspecified atom stereocenters. The second-order valence-electron chi connectivity index (χ2n) is 9.65. The van der Waals surface area contributed by atoms with Crippen LogP contribution in [0.25, 0.3) is 0 Å². The minimum absolute atomic E-state index is 0.0116. The molecule has 0 bridgehead atoms. The van der Waals surface area contributed by atoms with Gasteiger partial charge in [0, 0.05) is 20.1 Å². The number of hydrogen-bond acceptors (Lipinski definition) is 8. The number of fused-ring (bicyclic) bond motifs is 2. The first-order valence-electron chi connectivity index (χ1n) is 12.8. The number of benzene rings is 2. The molecule has 3 aliphatic rings. The number of hydrazine groups is 1. The normalized spacial score (nSPS) is 20.7. The number of ether oxygens (including phenoxy) is 3. The zero-order chi connectivity index (χ0) is 27.5. The van der Waals surface area contributed by atoms with Crippen molar-refractivity contribution in [2.45, 2.75) is 31.7 Å². The molecule has 2 atom stereocenters. The Hall–Kier alpha value is -3.64. The zero-order valence-electron chi connectivity index (χ0n) is 22.3. The number of methoxy groups -OCH3 is 1. The van der Waals surface area contributed by atoms with Crippen LogP contribution < -0.4 is 19.5 Å². The standard InChI is InChI=1S/C27H33N5O6S/c1-29-16-25(33)31-21(10-11-39-3)26(34)30(14-19-6-9-22-23(12-19)38-17-37-22)15-24(31)32(29)27(35)28-13-18-4-7-20(36-2)8-5-18/h4-9,12,21,24H,10-11,13-17H2,1-3H3,(H,28,35)/t21-,24?/m0/s1. The zero-order valence-corrected chi connectivity index (χ0v) is 23.1. The van der Waals surface area contributed by atoms with E-state index in [-0.39, 0.29) is 37.7 Å². The van der Waals surface area contributed by atoms with Crippen molar-refractivity contribution in [3.8, 4) is 17.2 Å². The lowest BCUT2D eigenvalue weighted by Crippen LogP contribution is -2.75. The highest BCUT2D eigenvalue weighted by Gasteiger charge is 2.50. The van der Waals surface area contributed by atoms with Crippen LogP contribution in [0.3, 0.4) is 0 Å². The molecule has 0 aliphatic carbocycles. The minimum atomic E-state index is -0.650. The van der Waals surface area contributed by atoms with Gasteiger partial charge in [-0.2, -0.15) is 11.8 Å². The van der Waals surface area contributed by atoms with E-state index in [1.807, 2.05) is 48.7 Å². The van der Waals surface area contributed by atoms with Gasteiger partial charge in [-0.25, -0.2) is 14.8 Å². The summed E-state index contributed by atoms with van der Waals surface area (Å²) in [7, 11) is 3.32. The molecule has 0 spiro atoms.